The molecule has 88 valence electrons. The van der Waals surface area contributed by atoms with Gasteiger partial charge < -0.3 is 0 Å². The van der Waals surface area contributed by atoms with Gasteiger partial charge in [0.1, 0.15) is 0 Å². The standard InChI is InChI=1S/C14H10N2O2/c17-9-11-5-1-3-7-13(11)15-16-14-8-4-2-6-12(14)10-18/h1-10H. The Balaban J connectivity index is 2.35. The molecule has 0 saturated heterocycles. The summed E-state index contributed by atoms with van der Waals surface area (Å²) >= 11 is 0. The third-order valence-corrected chi connectivity index (χ3v) is 2.39. The molecule has 0 atom stereocenters. The van der Waals surface area contributed by atoms with Crippen molar-refractivity contribution in [3.05, 3.63) is 59.7 Å². The summed E-state index contributed by atoms with van der Waals surface area (Å²) in [5, 5.41) is 7.98. The Labute approximate surface area is 104 Å². The highest BCUT2D eigenvalue weighted by Gasteiger charge is 2.00. The van der Waals surface area contributed by atoms with Crippen molar-refractivity contribution in [1.82, 2.24) is 0 Å². The van der Waals surface area contributed by atoms with Crippen LogP contribution in [0.2, 0.25) is 0 Å². The largest absolute Gasteiger partial charge is 0.298 e. The van der Waals surface area contributed by atoms with E-state index in [2.05, 4.69) is 10.2 Å². The minimum absolute atomic E-state index is 0.463. The van der Waals surface area contributed by atoms with E-state index in [1.165, 1.54) is 0 Å². The Morgan fingerprint density at radius 2 is 1.06 bits per heavy atom. The summed E-state index contributed by atoms with van der Waals surface area (Å²) in [6.07, 6.45) is 1.44. The molecule has 18 heavy (non-hydrogen) atoms. The maximum atomic E-state index is 10.8. The molecule has 0 amide bonds. The molecule has 2 rings (SSSR count). The quantitative estimate of drug-likeness (QED) is 0.602. The molecule has 0 unspecified atom stereocenters. The van der Waals surface area contributed by atoms with Gasteiger partial charge in [0.2, 0.25) is 0 Å². The summed E-state index contributed by atoms with van der Waals surface area (Å²) in [4.78, 5) is 21.6. The van der Waals surface area contributed by atoms with Crippen LogP contribution in [0.5, 0.6) is 0 Å². The number of hydrogen-bond donors (Lipinski definition) is 0. The summed E-state index contributed by atoms with van der Waals surface area (Å²) in [7, 11) is 0. The molecule has 0 saturated carbocycles. The van der Waals surface area contributed by atoms with Crippen molar-refractivity contribution in [2.45, 2.75) is 0 Å². The van der Waals surface area contributed by atoms with Gasteiger partial charge >= 0.3 is 0 Å². The van der Waals surface area contributed by atoms with Crippen LogP contribution in [0.1, 0.15) is 20.7 Å². The molecule has 2 aromatic rings. The Bertz CT molecular complexity index is 553. The minimum Gasteiger partial charge on any atom is -0.298 e. The molecule has 0 bridgehead atoms. The van der Waals surface area contributed by atoms with E-state index in [9.17, 15) is 9.59 Å². The molecular formula is C14H10N2O2. The fraction of sp³-hybridized carbons (Fsp3) is 0. The highest BCUT2D eigenvalue weighted by atomic mass is 16.1. The predicted molar refractivity (Wildman–Crippen MR) is 67.8 cm³/mol. The van der Waals surface area contributed by atoms with Crippen LogP contribution in [-0.4, -0.2) is 12.6 Å². The van der Waals surface area contributed by atoms with E-state index in [0.29, 0.717) is 22.5 Å². The minimum atomic E-state index is 0.463. The van der Waals surface area contributed by atoms with Crippen molar-refractivity contribution < 1.29 is 9.59 Å². The molecule has 0 N–H and O–H groups in total. The van der Waals surface area contributed by atoms with Crippen molar-refractivity contribution in [2.24, 2.45) is 10.2 Å². The Morgan fingerprint density at radius 3 is 1.44 bits per heavy atom. The Morgan fingerprint density at radius 1 is 0.667 bits per heavy atom. The van der Waals surface area contributed by atoms with Crippen LogP contribution in [0.25, 0.3) is 0 Å². The average Bonchev–Trinajstić information content (AvgIpc) is 2.45. The summed E-state index contributed by atoms with van der Waals surface area (Å²) < 4.78 is 0. The van der Waals surface area contributed by atoms with Crippen molar-refractivity contribution in [3.63, 3.8) is 0 Å². The topological polar surface area (TPSA) is 58.9 Å². The first-order valence-corrected chi connectivity index (χ1v) is 5.35. The van der Waals surface area contributed by atoms with Gasteiger partial charge in [0.15, 0.2) is 12.6 Å². The average molecular weight is 238 g/mol. The number of nitrogens with zero attached hydrogens (tertiary/aromatic N) is 2. The van der Waals surface area contributed by atoms with Crippen LogP contribution in [0.15, 0.2) is 58.8 Å². The van der Waals surface area contributed by atoms with Crippen LogP contribution >= 0.6 is 0 Å². The third-order valence-electron chi connectivity index (χ3n) is 2.39. The molecule has 0 radical (unpaired) electrons. The van der Waals surface area contributed by atoms with E-state index < -0.39 is 0 Å². The summed E-state index contributed by atoms with van der Waals surface area (Å²) in [5.74, 6) is 0. The molecular weight excluding hydrogens is 228 g/mol. The van der Waals surface area contributed by atoms with E-state index in [-0.39, 0.29) is 0 Å². The number of carbonyl (C=O) groups excluding carboxylic acids is 2. The Hall–Kier alpha value is -2.62. The van der Waals surface area contributed by atoms with Gasteiger partial charge in [0.05, 0.1) is 11.4 Å². The molecule has 0 aliphatic heterocycles. The molecule has 4 heteroatoms. The molecule has 4 nitrogen and oxygen atoms in total. The zero-order chi connectivity index (χ0) is 12.8. The lowest BCUT2D eigenvalue weighted by Crippen LogP contribution is -1.80. The van der Waals surface area contributed by atoms with E-state index in [1.807, 2.05) is 0 Å². The number of hydrogen-bond acceptors (Lipinski definition) is 4. The number of carbonyl (C=O) groups is 2. The smallest absolute Gasteiger partial charge is 0.152 e. The Kier molecular flexibility index (Phi) is 3.71. The second-order valence-electron chi connectivity index (χ2n) is 3.55. The molecule has 2 aromatic carbocycles. The SMILES string of the molecule is O=Cc1ccccc1N=Nc1ccccc1C=O. The monoisotopic (exact) mass is 238 g/mol. The second-order valence-corrected chi connectivity index (χ2v) is 3.55. The van der Waals surface area contributed by atoms with Crippen molar-refractivity contribution in [3.8, 4) is 0 Å². The van der Waals surface area contributed by atoms with Crippen LogP contribution < -0.4 is 0 Å². The molecule has 0 aliphatic rings. The van der Waals surface area contributed by atoms with Crippen molar-refractivity contribution in [2.75, 3.05) is 0 Å². The van der Waals surface area contributed by atoms with Crippen LogP contribution in [0.3, 0.4) is 0 Å². The van der Waals surface area contributed by atoms with Gasteiger partial charge in [-0.2, -0.15) is 0 Å². The maximum Gasteiger partial charge on any atom is 0.152 e. The van der Waals surface area contributed by atoms with E-state index in [4.69, 9.17) is 0 Å². The highest BCUT2D eigenvalue weighted by Crippen LogP contribution is 2.22. The first kappa shape index (κ1) is 11.9. The van der Waals surface area contributed by atoms with Crippen LogP contribution in [0.4, 0.5) is 11.4 Å². The number of benzene rings is 2. The number of aldehydes is 2. The first-order chi connectivity index (χ1) is 8.85. The van der Waals surface area contributed by atoms with E-state index >= 15 is 0 Å². The summed E-state index contributed by atoms with van der Waals surface area (Å²) in [6, 6.07) is 13.7. The van der Waals surface area contributed by atoms with E-state index in [1.54, 1.807) is 48.5 Å². The molecule has 0 spiro atoms. The fourth-order valence-corrected chi connectivity index (χ4v) is 1.46. The number of azo groups is 1. The molecule has 0 aromatic heterocycles. The zero-order valence-electron chi connectivity index (χ0n) is 9.48. The van der Waals surface area contributed by atoms with Gasteiger partial charge in [-0.3, -0.25) is 9.59 Å². The molecule has 0 fully saturated rings. The third kappa shape index (κ3) is 2.55. The van der Waals surface area contributed by atoms with Gasteiger partial charge in [0.25, 0.3) is 0 Å². The van der Waals surface area contributed by atoms with Gasteiger partial charge in [-0.15, -0.1) is 10.2 Å². The van der Waals surface area contributed by atoms with Gasteiger partial charge in [-0.1, -0.05) is 24.3 Å². The zero-order valence-corrected chi connectivity index (χ0v) is 9.48. The first-order valence-electron chi connectivity index (χ1n) is 5.35. The second kappa shape index (κ2) is 5.63. The van der Waals surface area contributed by atoms with Gasteiger partial charge in [-0.05, 0) is 24.3 Å². The lowest BCUT2D eigenvalue weighted by Gasteiger charge is -1.98. The lowest BCUT2D eigenvalue weighted by atomic mass is 10.2. The summed E-state index contributed by atoms with van der Waals surface area (Å²) in [6.45, 7) is 0. The maximum absolute atomic E-state index is 10.8. The van der Waals surface area contributed by atoms with Gasteiger partial charge in [0, 0.05) is 11.1 Å². The van der Waals surface area contributed by atoms with Crippen molar-refractivity contribution >= 4 is 23.9 Å². The molecule has 0 aliphatic carbocycles. The van der Waals surface area contributed by atoms with E-state index in [0.717, 1.165) is 12.6 Å². The summed E-state index contributed by atoms with van der Waals surface area (Å²) in [5.41, 5.74) is 1.89. The highest BCUT2D eigenvalue weighted by molar-refractivity contribution is 5.83. The van der Waals surface area contributed by atoms with Crippen LogP contribution in [-0.2, 0) is 0 Å². The van der Waals surface area contributed by atoms with Crippen molar-refractivity contribution in [1.29, 1.82) is 0 Å². The van der Waals surface area contributed by atoms with Crippen LogP contribution in [0, 0.1) is 0 Å². The predicted octanol–water partition coefficient (Wildman–Crippen LogP) is 3.73. The molecule has 0 heterocycles. The van der Waals surface area contributed by atoms with Gasteiger partial charge in [-0.25, -0.2) is 0 Å². The fourth-order valence-electron chi connectivity index (χ4n) is 1.46. The normalized spacial score (nSPS) is 10.4. The lowest BCUT2D eigenvalue weighted by molar-refractivity contribution is 0.111. The number of rotatable bonds is 4.